The molecule has 0 aromatic rings. The van der Waals surface area contributed by atoms with Crippen molar-refractivity contribution in [2.75, 3.05) is 0 Å². The van der Waals surface area contributed by atoms with E-state index in [0.717, 1.165) is 29.6 Å². The minimum Gasteiger partial charge on any atom is -0.0591 e. The first-order chi connectivity index (χ1) is 12.3. The third kappa shape index (κ3) is 4.14. The predicted octanol–water partition coefficient (Wildman–Crippen LogP) is 8.15. The summed E-state index contributed by atoms with van der Waals surface area (Å²) in [4.78, 5) is 0. The summed E-state index contributed by atoms with van der Waals surface area (Å²) >= 11 is 0. The minimum atomic E-state index is 0.697. The molecule has 4 aliphatic rings. The smallest absolute Gasteiger partial charge is 0.0264 e. The van der Waals surface area contributed by atoms with Crippen LogP contribution in [-0.4, -0.2) is 0 Å². The molecule has 0 heterocycles. The Balaban J connectivity index is 1.50. The molecule has 0 nitrogen and oxygen atoms in total. The van der Waals surface area contributed by atoms with Crippen LogP contribution in [0.4, 0.5) is 0 Å². The topological polar surface area (TPSA) is 0 Å². The fourth-order valence-corrected chi connectivity index (χ4v) is 8.01. The number of hydrogen-bond donors (Lipinski definition) is 0. The summed E-state index contributed by atoms with van der Waals surface area (Å²) < 4.78 is 0. The summed E-state index contributed by atoms with van der Waals surface area (Å²) in [5.41, 5.74) is 0.697. The van der Waals surface area contributed by atoms with Gasteiger partial charge in [0.15, 0.2) is 0 Å². The molecule has 4 atom stereocenters. The van der Waals surface area contributed by atoms with E-state index in [0.29, 0.717) is 5.41 Å². The highest BCUT2D eigenvalue weighted by molar-refractivity contribution is 4.99. The third-order valence-electron chi connectivity index (χ3n) is 9.37. The first kappa shape index (κ1) is 18.4. The molecule has 0 radical (unpaired) electrons. The Bertz CT molecular complexity index is 400. The van der Waals surface area contributed by atoms with E-state index in [1.54, 1.807) is 64.2 Å². The van der Waals surface area contributed by atoms with Gasteiger partial charge in [0.2, 0.25) is 0 Å². The fraction of sp³-hybridized carbons (Fsp3) is 1.00. The highest BCUT2D eigenvalue weighted by Gasteiger charge is 2.49. The fourth-order valence-electron chi connectivity index (χ4n) is 8.01. The van der Waals surface area contributed by atoms with Gasteiger partial charge in [-0.05, 0) is 67.1 Å². The molecule has 4 aliphatic carbocycles. The van der Waals surface area contributed by atoms with Crippen LogP contribution in [0.5, 0.6) is 0 Å². The lowest BCUT2D eigenvalue weighted by Crippen LogP contribution is -2.46. The van der Waals surface area contributed by atoms with Gasteiger partial charge in [-0.2, -0.15) is 0 Å². The van der Waals surface area contributed by atoms with Crippen LogP contribution in [0.25, 0.3) is 0 Å². The maximum Gasteiger partial charge on any atom is -0.0264 e. The van der Waals surface area contributed by atoms with E-state index in [9.17, 15) is 0 Å². The van der Waals surface area contributed by atoms with Gasteiger partial charge in [0.25, 0.3) is 0 Å². The lowest BCUT2D eigenvalue weighted by atomic mass is 9.50. The molecule has 4 unspecified atom stereocenters. The van der Waals surface area contributed by atoms with Crippen molar-refractivity contribution >= 4 is 0 Å². The maximum atomic E-state index is 2.80. The summed E-state index contributed by atoms with van der Waals surface area (Å²) in [6, 6.07) is 0. The van der Waals surface area contributed by atoms with E-state index >= 15 is 0 Å². The summed E-state index contributed by atoms with van der Waals surface area (Å²) in [7, 11) is 0. The van der Waals surface area contributed by atoms with E-state index in [1.807, 2.05) is 0 Å². The highest BCUT2D eigenvalue weighted by atomic mass is 14.5. The van der Waals surface area contributed by atoms with Gasteiger partial charge in [-0.1, -0.05) is 90.4 Å². The third-order valence-corrected chi connectivity index (χ3v) is 9.37. The first-order valence-electron chi connectivity index (χ1n) is 12.3. The van der Waals surface area contributed by atoms with Crippen molar-refractivity contribution in [2.24, 2.45) is 35.0 Å². The van der Waals surface area contributed by atoms with Crippen LogP contribution in [-0.2, 0) is 0 Å². The van der Waals surface area contributed by atoms with Gasteiger partial charge in [-0.3, -0.25) is 0 Å². The van der Waals surface area contributed by atoms with Crippen LogP contribution in [0.2, 0.25) is 0 Å². The van der Waals surface area contributed by atoms with Crippen molar-refractivity contribution in [2.45, 2.75) is 122 Å². The molecule has 0 aromatic heterocycles. The van der Waals surface area contributed by atoms with Gasteiger partial charge in [0.05, 0.1) is 0 Å². The Morgan fingerprint density at radius 3 is 1.92 bits per heavy atom. The van der Waals surface area contributed by atoms with Gasteiger partial charge >= 0.3 is 0 Å². The summed E-state index contributed by atoms with van der Waals surface area (Å²) in [6.07, 6.45) is 28.0. The van der Waals surface area contributed by atoms with Crippen molar-refractivity contribution in [1.82, 2.24) is 0 Å². The molecule has 0 amide bonds. The molecule has 0 N–H and O–H groups in total. The normalized spacial score (nSPS) is 41.4. The van der Waals surface area contributed by atoms with Crippen molar-refractivity contribution < 1.29 is 0 Å². The molecular formula is C25H44. The van der Waals surface area contributed by atoms with E-state index in [-0.39, 0.29) is 0 Å². The van der Waals surface area contributed by atoms with Crippen LogP contribution in [0, 0.1) is 35.0 Å². The number of fused-ring (bicyclic) bond motifs is 1. The van der Waals surface area contributed by atoms with E-state index in [2.05, 4.69) is 6.92 Å². The number of hydrogen-bond acceptors (Lipinski definition) is 0. The van der Waals surface area contributed by atoms with E-state index in [4.69, 9.17) is 0 Å². The second-order valence-corrected chi connectivity index (χ2v) is 10.9. The summed E-state index contributed by atoms with van der Waals surface area (Å²) in [6.45, 7) is 2.80. The van der Waals surface area contributed by atoms with Crippen molar-refractivity contribution in [3.63, 3.8) is 0 Å². The Labute approximate surface area is 157 Å². The average Bonchev–Trinajstić information content (AvgIpc) is 2.66. The molecule has 4 fully saturated rings. The lowest BCUT2D eigenvalue weighted by Gasteiger charge is -2.55. The molecule has 0 spiro atoms. The van der Waals surface area contributed by atoms with Gasteiger partial charge in [-0.25, -0.2) is 0 Å². The zero-order valence-corrected chi connectivity index (χ0v) is 17.1. The predicted molar refractivity (Wildman–Crippen MR) is 109 cm³/mol. The Morgan fingerprint density at radius 2 is 1.20 bits per heavy atom. The van der Waals surface area contributed by atoms with E-state index in [1.165, 1.54) is 51.4 Å². The van der Waals surface area contributed by atoms with Crippen LogP contribution >= 0.6 is 0 Å². The average molecular weight is 345 g/mol. The molecule has 25 heavy (non-hydrogen) atoms. The molecule has 4 saturated carbocycles. The zero-order valence-electron chi connectivity index (χ0n) is 17.1. The maximum absolute atomic E-state index is 2.80. The second-order valence-electron chi connectivity index (χ2n) is 10.9. The highest BCUT2D eigenvalue weighted by Crippen LogP contribution is 2.59. The van der Waals surface area contributed by atoms with Crippen LogP contribution in [0.1, 0.15) is 122 Å². The first-order valence-corrected chi connectivity index (χ1v) is 12.3. The van der Waals surface area contributed by atoms with Crippen molar-refractivity contribution in [3.05, 3.63) is 0 Å². The van der Waals surface area contributed by atoms with Crippen LogP contribution in [0.3, 0.4) is 0 Å². The largest absolute Gasteiger partial charge is 0.0591 e. The molecule has 144 valence electrons. The lowest BCUT2D eigenvalue weighted by molar-refractivity contribution is -0.0570. The molecule has 0 heteroatoms. The standard InChI is InChI=1S/C25H44/c1-25(19-21-12-6-3-7-13-21)23(18-20-10-4-2-5-11-20)17-16-22-14-8-9-15-24(22)25/h20-24H,2-19H2,1H3. The van der Waals surface area contributed by atoms with Gasteiger partial charge in [0, 0.05) is 0 Å². The van der Waals surface area contributed by atoms with Gasteiger partial charge in [-0.15, -0.1) is 0 Å². The summed E-state index contributed by atoms with van der Waals surface area (Å²) in [5, 5.41) is 0. The Kier molecular flexibility index (Phi) is 6.13. The van der Waals surface area contributed by atoms with E-state index < -0.39 is 0 Å². The Hall–Kier alpha value is 0. The summed E-state index contributed by atoms with van der Waals surface area (Å²) in [5.74, 6) is 5.42. The van der Waals surface area contributed by atoms with Gasteiger partial charge in [0.1, 0.15) is 0 Å². The zero-order chi connectivity index (χ0) is 17.1. The molecule has 0 saturated heterocycles. The van der Waals surface area contributed by atoms with Crippen molar-refractivity contribution in [3.8, 4) is 0 Å². The second kappa shape index (κ2) is 8.35. The van der Waals surface area contributed by atoms with Crippen LogP contribution < -0.4 is 0 Å². The molecule has 0 bridgehead atoms. The van der Waals surface area contributed by atoms with Crippen LogP contribution in [0.15, 0.2) is 0 Å². The molecule has 0 aliphatic heterocycles. The SMILES string of the molecule is CC1(CC2CCCCC2)C(CC2CCCCC2)CCC2CCCCC21. The number of rotatable bonds is 4. The molecule has 0 aromatic carbocycles. The van der Waals surface area contributed by atoms with Gasteiger partial charge < -0.3 is 0 Å². The molecular weight excluding hydrogens is 300 g/mol. The minimum absolute atomic E-state index is 0.697. The van der Waals surface area contributed by atoms with Crippen molar-refractivity contribution in [1.29, 1.82) is 0 Å². The quantitative estimate of drug-likeness (QED) is 0.482. The Morgan fingerprint density at radius 1 is 0.600 bits per heavy atom. The molecule has 4 rings (SSSR count). The monoisotopic (exact) mass is 344 g/mol.